The molecule has 5 aliphatic rings. The molecule has 2 amide bonds. The van der Waals surface area contributed by atoms with Gasteiger partial charge in [0.15, 0.2) is 9.84 Å². The number of aromatic nitrogens is 5. The van der Waals surface area contributed by atoms with Gasteiger partial charge in [-0.15, -0.1) is 0 Å². The van der Waals surface area contributed by atoms with Crippen molar-refractivity contribution in [3.05, 3.63) is 80.1 Å². The second kappa shape index (κ2) is 16.2. The van der Waals surface area contributed by atoms with Gasteiger partial charge in [0.1, 0.15) is 16.7 Å². The summed E-state index contributed by atoms with van der Waals surface area (Å²) in [6.45, 7) is 8.26. The van der Waals surface area contributed by atoms with Gasteiger partial charge in [-0.1, -0.05) is 24.1 Å². The van der Waals surface area contributed by atoms with Gasteiger partial charge in [-0.05, 0) is 112 Å². The van der Waals surface area contributed by atoms with Crippen LogP contribution in [-0.4, -0.2) is 111 Å². The molecule has 332 valence electrons. The molecular weight excluding hydrogens is 844 g/mol. The molecule has 18 heteroatoms. The van der Waals surface area contributed by atoms with Crippen LogP contribution in [0.1, 0.15) is 75.4 Å². The Morgan fingerprint density at radius 2 is 1.63 bits per heavy atom. The number of para-hydroxylation sites is 1. The van der Waals surface area contributed by atoms with Crippen molar-refractivity contribution in [1.29, 1.82) is 0 Å². The summed E-state index contributed by atoms with van der Waals surface area (Å²) in [4.78, 5) is 68.1. The fourth-order valence-electron chi connectivity index (χ4n) is 10.8. The van der Waals surface area contributed by atoms with Crippen LogP contribution in [0.15, 0.2) is 63.1 Å². The van der Waals surface area contributed by atoms with E-state index in [2.05, 4.69) is 30.3 Å². The molecule has 0 bridgehead atoms. The second-order valence-electron chi connectivity index (χ2n) is 18.3. The number of carbonyl (C=O) groups excluding carboxylic acids is 2. The van der Waals surface area contributed by atoms with E-state index in [9.17, 15) is 27.6 Å². The lowest BCUT2D eigenvalue weighted by atomic mass is 10.00. The van der Waals surface area contributed by atoms with Crippen LogP contribution in [-0.2, 0) is 26.5 Å². The number of sulfone groups is 1. The van der Waals surface area contributed by atoms with Crippen LogP contribution in [0.25, 0.3) is 22.1 Å². The van der Waals surface area contributed by atoms with Crippen molar-refractivity contribution in [3.8, 4) is 0 Å². The Morgan fingerprint density at radius 1 is 0.889 bits per heavy atom. The van der Waals surface area contributed by atoms with Crippen molar-refractivity contribution in [2.24, 2.45) is 12.5 Å². The number of likely N-dealkylation sites (tertiary alicyclic amines) is 1. The molecule has 2 atom stereocenters. The summed E-state index contributed by atoms with van der Waals surface area (Å²) in [5.74, 6) is -0.426. The van der Waals surface area contributed by atoms with E-state index < -0.39 is 27.0 Å². The number of nitrogens with one attached hydrogen (secondary N) is 2. The summed E-state index contributed by atoms with van der Waals surface area (Å²) < 4.78 is 32.8. The molecule has 5 fully saturated rings. The fraction of sp³-hybridized carbons (Fsp3) is 0.511. The summed E-state index contributed by atoms with van der Waals surface area (Å²) in [5.41, 5.74) is 4.09. The molecule has 63 heavy (non-hydrogen) atoms. The Kier molecular flexibility index (Phi) is 10.7. The quantitative estimate of drug-likeness (QED) is 0.185. The van der Waals surface area contributed by atoms with Gasteiger partial charge in [-0.2, -0.15) is 4.98 Å². The van der Waals surface area contributed by atoms with Crippen molar-refractivity contribution >= 4 is 72.6 Å². The van der Waals surface area contributed by atoms with E-state index in [4.69, 9.17) is 16.6 Å². The standard InChI is InChI=1S/C45H53ClN10O6S/c1-28-25-31(8-9-33(28)48-43-47-27-29-26-32(46)42(59)56(40(29)50-43)37-7-4-14-45(37)15-16-45)63(61,62)30-12-17-52(18-13-30)19-20-53-21-23-54(24-22-53)34-5-3-6-35-39(34)51(2)44(60)55(35)36-10-11-38(57)49-41(36)58/h3,5-6,8-9,25-27,30,36-37H,4,7,10-24H2,1-2H3,(H,47,48,50)(H,49,57,58). The average molecular weight is 898 g/mol. The van der Waals surface area contributed by atoms with Crippen molar-refractivity contribution in [3.63, 3.8) is 0 Å². The first-order chi connectivity index (χ1) is 30.3. The number of piperidine rings is 2. The highest BCUT2D eigenvalue weighted by molar-refractivity contribution is 7.92. The van der Waals surface area contributed by atoms with Crippen LogP contribution in [0.3, 0.4) is 0 Å². The number of rotatable bonds is 10. The number of aryl methyl sites for hydroxylation is 2. The van der Waals surface area contributed by atoms with Gasteiger partial charge in [-0.3, -0.25) is 38.3 Å². The SMILES string of the molecule is Cc1cc(S(=O)(=O)C2CCN(CCN3CCN(c4cccc5c4n(C)c(=O)n5C4CCC(=O)NC4=O)CC3)CC2)ccc1Nc1ncc2cc(Cl)c(=O)n(C3CCCC34CC4)c2n1. The number of carbonyl (C=O) groups is 2. The summed E-state index contributed by atoms with van der Waals surface area (Å²) >= 11 is 6.42. The molecule has 3 aliphatic heterocycles. The number of benzene rings is 2. The first-order valence-electron chi connectivity index (χ1n) is 22.2. The predicted molar refractivity (Wildman–Crippen MR) is 242 cm³/mol. The maximum absolute atomic E-state index is 14.0. The van der Waals surface area contributed by atoms with E-state index in [1.165, 1.54) is 4.57 Å². The minimum Gasteiger partial charge on any atom is -0.367 e. The Morgan fingerprint density at radius 3 is 2.35 bits per heavy atom. The monoisotopic (exact) mass is 896 g/mol. The topological polar surface area (TPSA) is 177 Å². The van der Waals surface area contributed by atoms with Crippen LogP contribution in [0.5, 0.6) is 0 Å². The summed E-state index contributed by atoms with van der Waals surface area (Å²) in [6.07, 6.45) is 8.65. The first-order valence-corrected chi connectivity index (χ1v) is 24.2. The highest BCUT2D eigenvalue weighted by Gasteiger charge is 2.53. The largest absolute Gasteiger partial charge is 0.367 e. The second-order valence-corrected chi connectivity index (χ2v) is 20.9. The number of piperazine rings is 1. The van der Waals surface area contributed by atoms with Gasteiger partial charge in [-0.25, -0.2) is 18.2 Å². The molecule has 2 aliphatic carbocycles. The summed E-state index contributed by atoms with van der Waals surface area (Å²) in [6, 6.07) is 11.9. The molecule has 3 saturated heterocycles. The molecule has 10 rings (SSSR count). The van der Waals surface area contributed by atoms with Crippen molar-refractivity contribution < 1.29 is 18.0 Å². The van der Waals surface area contributed by atoms with Crippen LogP contribution < -0.4 is 26.8 Å². The highest BCUT2D eigenvalue weighted by atomic mass is 35.5. The average Bonchev–Trinajstić information content (AvgIpc) is 3.88. The molecular formula is C45H53ClN10O6S. The zero-order valence-corrected chi connectivity index (χ0v) is 37.3. The summed E-state index contributed by atoms with van der Waals surface area (Å²) in [5, 5.41) is 6.08. The molecule has 3 aromatic heterocycles. The third kappa shape index (κ3) is 7.53. The van der Waals surface area contributed by atoms with Crippen LogP contribution in [0.4, 0.5) is 17.3 Å². The molecule has 1 spiro atoms. The zero-order chi connectivity index (χ0) is 43.8. The zero-order valence-electron chi connectivity index (χ0n) is 35.7. The lowest BCUT2D eigenvalue weighted by Crippen LogP contribution is -2.49. The van der Waals surface area contributed by atoms with E-state index >= 15 is 0 Å². The lowest BCUT2D eigenvalue weighted by molar-refractivity contribution is -0.135. The summed E-state index contributed by atoms with van der Waals surface area (Å²) in [7, 11) is -1.83. The predicted octanol–water partition coefficient (Wildman–Crippen LogP) is 4.69. The number of halogens is 1. The molecule has 0 radical (unpaired) electrons. The third-order valence-corrected chi connectivity index (χ3v) is 17.1. The minimum atomic E-state index is -3.56. The van der Waals surface area contributed by atoms with Crippen molar-refractivity contribution in [2.45, 2.75) is 86.9 Å². The molecule has 5 aromatic rings. The Hall–Kier alpha value is -5.10. The van der Waals surface area contributed by atoms with Gasteiger partial charge in [0, 0.05) is 76.0 Å². The lowest BCUT2D eigenvalue weighted by Gasteiger charge is -2.38. The van der Waals surface area contributed by atoms with Gasteiger partial charge >= 0.3 is 5.69 Å². The van der Waals surface area contributed by atoms with Crippen LogP contribution >= 0.6 is 11.6 Å². The van der Waals surface area contributed by atoms with E-state index in [1.54, 1.807) is 46.6 Å². The van der Waals surface area contributed by atoms with Crippen LogP contribution in [0, 0.1) is 12.3 Å². The fourth-order valence-corrected chi connectivity index (χ4v) is 12.8. The number of nitrogens with zero attached hydrogens (tertiary/aromatic N) is 8. The Balaban J connectivity index is 0.739. The molecule has 2 unspecified atom stereocenters. The number of fused-ring (bicyclic) bond motifs is 2. The van der Waals surface area contributed by atoms with Crippen molar-refractivity contribution in [2.75, 3.05) is 62.6 Å². The van der Waals surface area contributed by atoms with E-state index in [0.29, 0.717) is 65.4 Å². The van der Waals surface area contributed by atoms with E-state index in [1.807, 2.05) is 25.1 Å². The highest BCUT2D eigenvalue weighted by Crippen LogP contribution is 2.63. The number of pyridine rings is 1. The Bertz CT molecular complexity index is 2890. The number of imidazole rings is 1. The first kappa shape index (κ1) is 41.9. The smallest absolute Gasteiger partial charge is 0.329 e. The van der Waals surface area contributed by atoms with Gasteiger partial charge in [0.05, 0.1) is 26.9 Å². The molecule has 16 nitrogen and oxygen atoms in total. The molecule has 2 saturated carbocycles. The van der Waals surface area contributed by atoms with E-state index in [-0.39, 0.29) is 40.1 Å². The number of hydrogen-bond acceptors (Lipinski definition) is 12. The molecule has 2 aromatic carbocycles. The molecule has 2 N–H and O–H groups in total. The number of anilines is 3. The number of hydrogen-bond donors (Lipinski definition) is 2. The van der Waals surface area contributed by atoms with Gasteiger partial charge < -0.3 is 15.1 Å². The normalized spacial score (nSPS) is 22.4. The maximum Gasteiger partial charge on any atom is 0.329 e. The van der Waals surface area contributed by atoms with E-state index in [0.717, 1.165) is 88.1 Å². The Labute approximate surface area is 370 Å². The van der Waals surface area contributed by atoms with Crippen LogP contribution in [0.2, 0.25) is 5.02 Å². The van der Waals surface area contributed by atoms with Crippen molar-refractivity contribution in [1.82, 2.24) is 38.8 Å². The van der Waals surface area contributed by atoms with Gasteiger partial charge in [0.25, 0.3) is 5.56 Å². The maximum atomic E-state index is 14.0. The third-order valence-electron chi connectivity index (χ3n) is 14.6. The number of amides is 2. The van der Waals surface area contributed by atoms with Gasteiger partial charge in [0.2, 0.25) is 17.8 Å². The minimum absolute atomic E-state index is 0.0684. The number of imide groups is 1. The molecule has 6 heterocycles.